The van der Waals surface area contributed by atoms with Crippen LogP contribution in [-0.2, 0) is 20.7 Å². The third-order valence-electron chi connectivity index (χ3n) is 8.25. The molecule has 226 valence electrons. The van der Waals surface area contributed by atoms with E-state index in [1.54, 1.807) is 4.90 Å². The van der Waals surface area contributed by atoms with E-state index in [4.69, 9.17) is 9.47 Å². The minimum Gasteiger partial charge on any atom is -0.444 e. The van der Waals surface area contributed by atoms with Gasteiger partial charge in [0.05, 0.1) is 30.8 Å². The highest BCUT2D eigenvalue weighted by Gasteiger charge is 2.39. The summed E-state index contributed by atoms with van der Waals surface area (Å²) in [5.74, 6) is -2.16. The number of carbonyl (C=O) groups excluding carboxylic acids is 2. The van der Waals surface area contributed by atoms with Gasteiger partial charge in [0, 0.05) is 25.2 Å². The molecule has 2 fully saturated rings. The van der Waals surface area contributed by atoms with Crippen molar-refractivity contribution in [2.45, 2.75) is 96.5 Å². The summed E-state index contributed by atoms with van der Waals surface area (Å²) in [6.07, 6.45) is 1.93. The van der Waals surface area contributed by atoms with Gasteiger partial charge in [-0.25, -0.2) is 4.79 Å². The fourth-order valence-corrected chi connectivity index (χ4v) is 6.16. The van der Waals surface area contributed by atoms with Gasteiger partial charge in [-0.1, -0.05) is 37.3 Å². The molecular weight excluding hydrogens is 523 g/mol. The van der Waals surface area contributed by atoms with Crippen molar-refractivity contribution in [2.24, 2.45) is 11.8 Å². The molecule has 6 atom stereocenters. The van der Waals surface area contributed by atoms with Gasteiger partial charge in [-0.15, -0.1) is 0 Å². The van der Waals surface area contributed by atoms with Crippen LogP contribution in [0.1, 0.15) is 65.9 Å². The van der Waals surface area contributed by atoms with E-state index >= 15 is 0 Å². The zero-order chi connectivity index (χ0) is 30.2. The van der Waals surface area contributed by atoms with E-state index in [-0.39, 0.29) is 42.5 Å². The number of hydrogen-bond donors (Lipinski definition) is 3. The summed E-state index contributed by atoms with van der Waals surface area (Å²) in [5.41, 5.74) is 0.631. The number of hydrogen-bond acceptors (Lipinski definition) is 8. The van der Waals surface area contributed by atoms with Crippen molar-refractivity contribution in [3.05, 3.63) is 35.9 Å². The lowest BCUT2D eigenvalue weighted by Gasteiger charge is -2.46. The lowest BCUT2D eigenvalue weighted by Crippen LogP contribution is -2.55. The van der Waals surface area contributed by atoms with Crippen LogP contribution in [0.15, 0.2) is 30.3 Å². The second kappa shape index (κ2) is 15.0. The summed E-state index contributed by atoms with van der Waals surface area (Å²) in [7, 11) is -1.76. The number of ether oxygens (including phenoxy) is 2. The van der Waals surface area contributed by atoms with Gasteiger partial charge in [0.25, 0.3) is 0 Å². The molecule has 0 spiro atoms. The molecule has 2 saturated heterocycles. The van der Waals surface area contributed by atoms with Crippen LogP contribution in [0.5, 0.6) is 0 Å². The lowest BCUT2D eigenvalue weighted by atomic mass is 9.76. The van der Waals surface area contributed by atoms with Crippen molar-refractivity contribution in [1.29, 1.82) is 5.26 Å². The summed E-state index contributed by atoms with van der Waals surface area (Å²) in [6, 6.07) is 11.5. The summed E-state index contributed by atoms with van der Waals surface area (Å²) in [5, 5.41) is 32.3. The summed E-state index contributed by atoms with van der Waals surface area (Å²) in [4.78, 5) is 30.4. The molecule has 2 aliphatic rings. The Labute approximate surface area is 245 Å². The van der Waals surface area contributed by atoms with Crippen molar-refractivity contribution in [1.82, 2.24) is 15.1 Å². The average molecular weight is 571 g/mol. The van der Waals surface area contributed by atoms with E-state index in [0.717, 1.165) is 31.5 Å². The van der Waals surface area contributed by atoms with Crippen LogP contribution in [0.2, 0.25) is 0 Å². The lowest BCUT2D eigenvalue weighted by molar-refractivity contribution is -0.137. The topological polar surface area (TPSA) is 135 Å². The zero-order valence-electron chi connectivity index (χ0n) is 25.2. The first-order valence-electron chi connectivity index (χ1n) is 14.9. The van der Waals surface area contributed by atoms with E-state index in [0.29, 0.717) is 19.4 Å². The van der Waals surface area contributed by atoms with Crippen LogP contribution >= 0.6 is 0 Å². The van der Waals surface area contributed by atoms with Gasteiger partial charge in [0.1, 0.15) is 12.0 Å². The van der Waals surface area contributed by atoms with Crippen molar-refractivity contribution >= 4 is 19.1 Å². The number of amides is 2. The van der Waals surface area contributed by atoms with Gasteiger partial charge in [0.15, 0.2) is 0 Å². The van der Waals surface area contributed by atoms with Crippen molar-refractivity contribution in [3.63, 3.8) is 0 Å². The number of rotatable bonds is 10. The Balaban J connectivity index is 1.59. The predicted octanol–water partition coefficient (Wildman–Crippen LogP) is 2.77. The maximum atomic E-state index is 13.6. The highest BCUT2D eigenvalue weighted by Crippen LogP contribution is 2.31. The first-order valence-corrected chi connectivity index (χ1v) is 14.9. The maximum absolute atomic E-state index is 13.6. The molecular formula is C30H47BN4O6. The van der Waals surface area contributed by atoms with Crippen LogP contribution in [0.4, 0.5) is 4.79 Å². The highest BCUT2D eigenvalue weighted by atomic mass is 16.6. The largest absolute Gasteiger partial charge is 0.475 e. The van der Waals surface area contributed by atoms with E-state index in [9.17, 15) is 24.9 Å². The third-order valence-corrected chi connectivity index (χ3v) is 8.25. The van der Waals surface area contributed by atoms with Gasteiger partial charge >= 0.3 is 13.2 Å². The second-order valence-electron chi connectivity index (χ2n) is 12.4. The quantitative estimate of drug-likeness (QED) is 0.366. The minimum atomic E-state index is -1.76. The smallest absolute Gasteiger partial charge is 0.444 e. The molecule has 2 unspecified atom stereocenters. The molecule has 41 heavy (non-hydrogen) atoms. The Hall–Kier alpha value is -2.65. The molecule has 3 rings (SSSR count). The predicted molar refractivity (Wildman–Crippen MR) is 157 cm³/mol. The van der Waals surface area contributed by atoms with Gasteiger partial charge in [-0.05, 0) is 71.3 Å². The molecule has 0 aliphatic carbocycles. The van der Waals surface area contributed by atoms with Gasteiger partial charge in [-0.3, -0.25) is 9.69 Å². The molecule has 2 heterocycles. The fraction of sp³-hybridized carbons (Fsp3) is 0.700. The first kappa shape index (κ1) is 32.9. The molecule has 0 bridgehead atoms. The van der Waals surface area contributed by atoms with Crippen molar-refractivity contribution in [3.8, 4) is 6.07 Å². The summed E-state index contributed by atoms with van der Waals surface area (Å²) >= 11 is 0. The molecule has 0 aromatic heterocycles. The monoisotopic (exact) mass is 570 g/mol. The number of nitriles is 1. The number of morpholine rings is 1. The van der Waals surface area contributed by atoms with E-state index in [1.807, 2.05) is 37.3 Å². The van der Waals surface area contributed by atoms with Gasteiger partial charge in [0.2, 0.25) is 5.91 Å². The fourth-order valence-electron chi connectivity index (χ4n) is 6.16. The van der Waals surface area contributed by atoms with Crippen molar-refractivity contribution in [2.75, 3.05) is 26.2 Å². The zero-order valence-corrected chi connectivity index (χ0v) is 25.2. The van der Waals surface area contributed by atoms with Crippen LogP contribution in [0.3, 0.4) is 0 Å². The molecule has 2 aliphatic heterocycles. The average Bonchev–Trinajstić information content (AvgIpc) is 3.14. The van der Waals surface area contributed by atoms with E-state index in [1.165, 1.54) is 0 Å². The molecule has 1 aromatic rings. The summed E-state index contributed by atoms with van der Waals surface area (Å²) in [6.45, 7) is 12.7. The Kier molecular flexibility index (Phi) is 12.0. The van der Waals surface area contributed by atoms with Crippen LogP contribution in [-0.4, -0.2) is 94.9 Å². The highest BCUT2D eigenvalue weighted by molar-refractivity contribution is 6.43. The van der Waals surface area contributed by atoms with Crippen LogP contribution in [0.25, 0.3) is 0 Å². The Morgan fingerprint density at radius 2 is 1.83 bits per heavy atom. The molecule has 2 amide bonds. The molecule has 0 radical (unpaired) electrons. The molecule has 11 heteroatoms. The third kappa shape index (κ3) is 9.71. The van der Waals surface area contributed by atoms with Crippen LogP contribution in [0, 0.1) is 23.2 Å². The van der Waals surface area contributed by atoms with E-state index < -0.39 is 31.2 Å². The molecule has 0 saturated carbocycles. The van der Waals surface area contributed by atoms with E-state index in [2.05, 4.69) is 44.0 Å². The number of benzene rings is 1. The van der Waals surface area contributed by atoms with Gasteiger partial charge in [-0.2, -0.15) is 5.26 Å². The molecule has 1 aromatic carbocycles. The number of nitrogens with zero attached hydrogens (tertiary/aromatic N) is 3. The molecule has 10 nitrogen and oxygen atoms in total. The standard InChI is InChI=1S/C30H47BN4O6/c1-21(16-30(4,5)35-18-22(2)40-23(3)19-35)26(17-32)28(36)34-14-10-9-13-25(20-34)41-29(37)33-27(31(38)39)15-24-11-7-6-8-12-24/h6-8,11-12,21-23,25-27,38-39H,9-10,13-16,18-20H2,1-5H3,(H,33,37)/t21?,22-,23-,25-,26?,27+/m1/s1. The minimum absolute atomic E-state index is 0.127. The first-order chi connectivity index (χ1) is 19.4. The Morgan fingerprint density at radius 1 is 1.17 bits per heavy atom. The number of alkyl carbamates (subject to hydrolysis) is 1. The number of nitrogens with one attached hydrogen (secondary N) is 1. The Bertz CT molecular complexity index is 1030. The maximum Gasteiger partial charge on any atom is 0.475 e. The number of likely N-dealkylation sites (tertiary alicyclic amines) is 1. The molecule has 3 N–H and O–H groups in total. The normalized spacial score (nSPS) is 24.3. The Morgan fingerprint density at radius 3 is 2.44 bits per heavy atom. The van der Waals surface area contributed by atoms with Crippen LogP contribution < -0.4 is 5.32 Å². The number of carbonyl (C=O) groups is 2. The SMILES string of the molecule is CC(CC(C)(C)N1C[C@@H](C)O[C@H](C)C1)C(C#N)C(=O)N1CCCC[C@@H](OC(=O)N[C@@H](Cc2ccccc2)B(O)O)C1. The second-order valence-corrected chi connectivity index (χ2v) is 12.4. The summed E-state index contributed by atoms with van der Waals surface area (Å²) < 4.78 is 11.5. The van der Waals surface area contributed by atoms with Gasteiger partial charge < -0.3 is 29.7 Å². The van der Waals surface area contributed by atoms with Crippen molar-refractivity contribution < 1.29 is 29.1 Å².